The Morgan fingerprint density at radius 3 is 1.62 bits per heavy atom. The fourth-order valence-electron chi connectivity index (χ4n) is 9.00. The summed E-state index contributed by atoms with van der Waals surface area (Å²) in [4.78, 5) is 14.3. The monoisotopic (exact) mass is 451 g/mol. The fourth-order valence-corrected chi connectivity index (χ4v) is 18.2. The van der Waals surface area contributed by atoms with Crippen molar-refractivity contribution in [3.63, 3.8) is 0 Å². The predicted octanol–water partition coefficient (Wildman–Crippen LogP) is 8.86. The van der Waals surface area contributed by atoms with Crippen LogP contribution in [0, 0.1) is 5.92 Å². The van der Waals surface area contributed by atoms with E-state index < -0.39 is 8.07 Å². The van der Waals surface area contributed by atoms with Gasteiger partial charge in [-0.25, -0.2) is 0 Å². The molecule has 4 aliphatic rings. The zero-order chi connectivity index (χ0) is 21.8. The first-order valence-corrected chi connectivity index (χ1v) is 16.5. The molecule has 0 saturated heterocycles. The molecule has 0 aliphatic heterocycles. The Morgan fingerprint density at radius 1 is 0.719 bits per heavy atom. The Bertz CT molecular complexity index is 684. The lowest BCUT2D eigenvalue weighted by Crippen LogP contribution is -2.55. The molecule has 5 rings (SSSR count). The van der Waals surface area contributed by atoms with E-state index in [1.54, 1.807) is 0 Å². The van der Waals surface area contributed by atoms with Gasteiger partial charge in [-0.05, 0) is 41.1 Å². The van der Waals surface area contributed by atoms with E-state index in [0.717, 1.165) is 28.2 Å². The Hall–Kier alpha value is -1.09. The van der Waals surface area contributed by atoms with E-state index in [-0.39, 0.29) is 0 Å². The zero-order valence-corrected chi connectivity index (χ0v) is 21.2. The lowest BCUT2D eigenvalue weighted by molar-refractivity contribution is -0.116. The lowest BCUT2D eigenvalue weighted by atomic mass is 10.0. The molecule has 0 radical (unpaired) electrons. The molecule has 1 N–H and O–H groups in total. The summed E-state index contributed by atoms with van der Waals surface area (Å²) >= 11 is 0. The molecule has 4 saturated carbocycles. The van der Waals surface area contributed by atoms with Crippen LogP contribution in [0.4, 0.5) is 5.69 Å². The Labute approximate surface area is 197 Å². The number of para-hydroxylation sites is 1. The molecule has 0 heterocycles. The van der Waals surface area contributed by atoms with Crippen LogP contribution in [0.2, 0.25) is 22.2 Å². The summed E-state index contributed by atoms with van der Waals surface area (Å²) in [5.41, 5.74) is 4.12. The summed E-state index contributed by atoms with van der Waals surface area (Å²) in [6.45, 7) is 0. The Kier molecular flexibility index (Phi) is 7.41. The second kappa shape index (κ2) is 10.4. The maximum absolute atomic E-state index is 14.3. The number of amides is 1. The first kappa shape index (κ1) is 22.7. The summed E-state index contributed by atoms with van der Waals surface area (Å²) in [7, 11) is -1.82. The van der Waals surface area contributed by atoms with Gasteiger partial charge in [-0.15, -0.1) is 0 Å². The maximum Gasteiger partial charge on any atom is 0.224 e. The third kappa shape index (κ3) is 4.48. The van der Waals surface area contributed by atoms with Crippen molar-refractivity contribution in [3.8, 4) is 0 Å². The second-order valence-corrected chi connectivity index (χ2v) is 16.9. The molecular weight excluding hydrogens is 406 g/mol. The highest BCUT2D eigenvalue weighted by Gasteiger charge is 2.60. The maximum atomic E-state index is 14.3. The van der Waals surface area contributed by atoms with Crippen molar-refractivity contribution >= 4 is 19.7 Å². The largest absolute Gasteiger partial charge is 0.326 e. The van der Waals surface area contributed by atoms with Gasteiger partial charge in [0.15, 0.2) is 0 Å². The molecule has 1 amide bonds. The standard InChI is InChI=1S/C29H45NOSi/c31-29(30-24-14-2-1-3-15-24)28(22-23-12-4-5-13-23)32(25-16-6-7-17-25,26-18-8-9-19-26)27-20-10-11-21-27/h1-3,14-15,23,25-28H,4-13,16-22H2,(H,30,31). The molecule has 32 heavy (non-hydrogen) atoms. The predicted molar refractivity (Wildman–Crippen MR) is 138 cm³/mol. The molecular formula is C29H45NOSi. The summed E-state index contributed by atoms with van der Waals surface area (Å²) in [6.07, 6.45) is 24.0. The van der Waals surface area contributed by atoms with Gasteiger partial charge >= 0.3 is 0 Å². The van der Waals surface area contributed by atoms with Gasteiger partial charge in [-0.3, -0.25) is 4.79 Å². The van der Waals surface area contributed by atoms with Gasteiger partial charge < -0.3 is 5.32 Å². The smallest absolute Gasteiger partial charge is 0.224 e. The van der Waals surface area contributed by atoms with Gasteiger partial charge in [-0.1, -0.05) is 121 Å². The van der Waals surface area contributed by atoms with Crippen molar-refractivity contribution in [3.05, 3.63) is 30.3 Å². The van der Waals surface area contributed by atoms with E-state index in [9.17, 15) is 4.79 Å². The molecule has 4 aliphatic carbocycles. The number of carbonyl (C=O) groups excluding carboxylic acids is 1. The minimum absolute atomic E-state index is 0.347. The molecule has 1 atom stereocenters. The molecule has 1 aromatic rings. The zero-order valence-electron chi connectivity index (χ0n) is 20.2. The van der Waals surface area contributed by atoms with Gasteiger partial charge in [0, 0.05) is 11.2 Å². The Balaban J connectivity index is 1.55. The van der Waals surface area contributed by atoms with Crippen molar-refractivity contribution < 1.29 is 4.79 Å². The second-order valence-electron chi connectivity index (χ2n) is 11.7. The van der Waals surface area contributed by atoms with Gasteiger partial charge in [0.2, 0.25) is 5.91 Å². The highest BCUT2D eigenvalue weighted by atomic mass is 28.3. The average Bonchev–Trinajstić information content (AvgIpc) is 3.64. The van der Waals surface area contributed by atoms with Crippen molar-refractivity contribution in [2.75, 3.05) is 5.32 Å². The lowest BCUT2D eigenvalue weighted by Gasteiger charge is -2.52. The van der Waals surface area contributed by atoms with E-state index in [0.29, 0.717) is 11.4 Å². The van der Waals surface area contributed by atoms with Crippen molar-refractivity contribution in [1.82, 2.24) is 0 Å². The fraction of sp³-hybridized carbons (Fsp3) is 0.759. The van der Waals surface area contributed by atoms with Gasteiger partial charge in [0.25, 0.3) is 0 Å². The minimum Gasteiger partial charge on any atom is -0.326 e. The summed E-state index contributed by atoms with van der Waals surface area (Å²) in [5.74, 6) is 1.23. The third-order valence-corrected chi connectivity index (χ3v) is 17.9. The average molecular weight is 452 g/mol. The normalized spacial score (nSPS) is 25.0. The summed E-state index contributed by atoms with van der Waals surface area (Å²) in [5, 5.41) is 3.49. The van der Waals surface area contributed by atoms with Crippen molar-refractivity contribution in [2.24, 2.45) is 5.92 Å². The van der Waals surface area contributed by atoms with Crippen LogP contribution in [-0.2, 0) is 4.79 Å². The molecule has 0 bridgehead atoms. The number of rotatable bonds is 8. The van der Waals surface area contributed by atoms with E-state index in [4.69, 9.17) is 0 Å². The molecule has 0 aromatic heterocycles. The van der Waals surface area contributed by atoms with Crippen molar-refractivity contribution in [1.29, 1.82) is 0 Å². The van der Waals surface area contributed by atoms with Crippen LogP contribution >= 0.6 is 0 Å². The topological polar surface area (TPSA) is 29.1 Å². The highest BCUT2D eigenvalue weighted by Crippen LogP contribution is 2.64. The van der Waals surface area contributed by atoms with Crippen molar-refractivity contribution in [2.45, 2.75) is 131 Å². The van der Waals surface area contributed by atoms with Crippen LogP contribution < -0.4 is 5.32 Å². The quantitative estimate of drug-likeness (QED) is 0.393. The summed E-state index contributed by atoms with van der Waals surface area (Å²) < 4.78 is 0. The first-order valence-electron chi connectivity index (χ1n) is 14.1. The van der Waals surface area contributed by atoms with E-state index in [1.807, 2.05) is 0 Å². The van der Waals surface area contributed by atoms with Crippen LogP contribution in [0.3, 0.4) is 0 Å². The van der Waals surface area contributed by atoms with E-state index >= 15 is 0 Å². The van der Waals surface area contributed by atoms with Crippen LogP contribution in [0.15, 0.2) is 30.3 Å². The molecule has 4 fully saturated rings. The van der Waals surface area contributed by atoms with E-state index in [2.05, 4.69) is 35.6 Å². The highest BCUT2D eigenvalue weighted by molar-refractivity contribution is 6.88. The third-order valence-electron chi connectivity index (χ3n) is 10.2. The van der Waals surface area contributed by atoms with Crippen LogP contribution in [0.5, 0.6) is 0 Å². The van der Waals surface area contributed by atoms with Crippen LogP contribution in [0.1, 0.15) is 109 Å². The number of nitrogens with one attached hydrogen (secondary N) is 1. The Morgan fingerprint density at radius 2 is 1.16 bits per heavy atom. The van der Waals surface area contributed by atoms with Gasteiger partial charge in [0.1, 0.15) is 0 Å². The van der Waals surface area contributed by atoms with Gasteiger partial charge in [0.05, 0.1) is 8.07 Å². The molecule has 2 nitrogen and oxygen atoms in total. The SMILES string of the molecule is O=C(Nc1ccccc1)C(CC1CCCC1)[Si](C1CCCC1)(C1CCCC1)C1CCCC1. The molecule has 1 aromatic carbocycles. The van der Waals surface area contributed by atoms with E-state index in [1.165, 1.54) is 109 Å². The minimum atomic E-state index is -1.82. The van der Waals surface area contributed by atoms with Gasteiger partial charge in [-0.2, -0.15) is 0 Å². The van der Waals surface area contributed by atoms with Crippen LogP contribution in [0.25, 0.3) is 0 Å². The molecule has 3 heteroatoms. The molecule has 0 spiro atoms. The number of benzene rings is 1. The number of hydrogen-bond acceptors (Lipinski definition) is 1. The number of anilines is 1. The number of carbonyl (C=O) groups is 1. The number of hydrogen-bond donors (Lipinski definition) is 1. The first-order chi connectivity index (χ1) is 15.8. The molecule has 176 valence electrons. The molecule has 1 unspecified atom stereocenters. The summed E-state index contributed by atoms with van der Waals surface area (Å²) in [6, 6.07) is 10.4. The van der Waals surface area contributed by atoms with Crippen LogP contribution in [-0.4, -0.2) is 14.0 Å².